The van der Waals surface area contributed by atoms with Crippen LogP contribution in [0.1, 0.15) is 25.3 Å². The Balaban J connectivity index is 2.38. The topological polar surface area (TPSA) is 26.3 Å². The van der Waals surface area contributed by atoms with Crippen LogP contribution in [0.15, 0.2) is 35.9 Å². The van der Waals surface area contributed by atoms with E-state index in [4.69, 9.17) is 4.74 Å². The van der Waals surface area contributed by atoms with Gasteiger partial charge in [-0.25, -0.2) is 4.79 Å². The van der Waals surface area contributed by atoms with Crippen LogP contribution in [0, 0.1) is 0 Å². The highest BCUT2D eigenvalue weighted by Crippen LogP contribution is 2.28. The molecule has 2 nitrogen and oxygen atoms in total. The van der Waals surface area contributed by atoms with Crippen LogP contribution in [0.3, 0.4) is 0 Å². The van der Waals surface area contributed by atoms with Gasteiger partial charge in [-0.15, -0.1) is 0 Å². The van der Waals surface area contributed by atoms with Gasteiger partial charge in [0, 0.05) is 11.1 Å². The molecule has 0 saturated carbocycles. The van der Waals surface area contributed by atoms with Crippen molar-refractivity contribution in [3.05, 3.63) is 41.5 Å². The Morgan fingerprint density at radius 2 is 2.00 bits per heavy atom. The summed E-state index contributed by atoms with van der Waals surface area (Å²) in [7, 11) is 0. The molecule has 15 heavy (non-hydrogen) atoms. The van der Waals surface area contributed by atoms with E-state index in [-0.39, 0.29) is 5.97 Å². The maximum absolute atomic E-state index is 11.5. The Bertz CT molecular complexity index is 390. The van der Waals surface area contributed by atoms with E-state index < -0.39 is 0 Å². The lowest BCUT2D eigenvalue weighted by molar-refractivity contribution is -0.136. The first-order valence-corrected chi connectivity index (χ1v) is 5.27. The van der Waals surface area contributed by atoms with Crippen LogP contribution in [0.5, 0.6) is 0 Å². The monoisotopic (exact) mass is 202 g/mol. The molecule has 0 fully saturated rings. The summed E-state index contributed by atoms with van der Waals surface area (Å²) in [5, 5.41) is 0. The summed E-state index contributed by atoms with van der Waals surface area (Å²) in [6, 6.07) is 9.98. The van der Waals surface area contributed by atoms with E-state index in [0.717, 1.165) is 29.6 Å². The first-order valence-electron chi connectivity index (χ1n) is 5.27. The lowest BCUT2D eigenvalue weighted by Crippen LogP contribution is -1.98. The van der Waals surface area contributed by atoms with Crippen molar-refractivity contribution in [3.8, 4) is 0 Å². The number of esters is 1. The van der Waals surface area contributed by atoms with Gasteiger partial charge in [-0.1, -0.05) is 43.7 Å². The van der Waals surface area contributed by atoms with Gasteiger partial charge in [0.2, 0.25) is 0 Å². The number of hydrogen-bond acceptors (Lipinski definition) is 2. The standard InChI is InChI=1S/C13H14O2/c1-2-6-11-12(9-15-13(11)14)10-7-4-3-5-8-10/h3-5,7-8H,2,6,9H2,1H3. The number of carbonyl (C=O) groups excluding carboxylic acids is 1. The Kier molecular flexibility index (Phi) is 2.86. The fourth-order valence-corrected chi connectivity index (χ4v) is 1.83. The van der Waals surface area contributed by atoms with Gasteiger partial charge in [0.15, 0.2) is 0 Å². The molecule has 78 valence electrons. The van der Waals surface area contributed by atoms with Gasteiger partial charge < -0.3 is 4.74 Å². The van der Waals surface area contributed by atoms with Crippen molar-refractivity contribution >= 4 is 11.5 Å². The lowest BCUT2D eigenvalue weighted by Gasteiger charge is -2.02. The van der Waals surface area contributed by atoms with E-state index in [0.29, 0.717) is 6.61 Å². The van der Waals surface area contributed by atoms with Crippen molar-refractivity contribution in [1.29, 1.82) is 0 Å². The van der Waals surface area contributed by atoms with E-state index in [9.17, 15) is 4.79 Å². The normalized spacial score (nSPS) is 15.7. The lowest BCUT2D eigenvalue weighted by atomic mass is 9.99. The minimum atomic E-state index is -0.143. The molecule has 0 amide bonds. The molecule has 1 heterocycles. The van der Waals surface area contributed by atoms with E-state index >= 15 is 0 Å². The van der Waals surface area contributed by atoms with Crippen molar-refractivity contribution in [2.24, 2.45) is 0 Å². The van der Waals surface area contributed by atoms with E-state index in [2.05, 4.69) is 6.92 Å². The number of benzene rings is 1. The summed E-state index contributed by atoms with van der Waals surface area (Å²) >= 11 is 0. The summed E-state index contributed by atoms with van der Waals surface area (Å²) in [6.45, 7) is 2.50. The second-order valence-corrected chi connectivity index (χ2v) is 3.65. The second kappa shape index (κ2) is 4.30. The molecular weight excluding hydrogens is 188 g/mol. The van der Waals surface area contributed by atoms with Crippen LogP contribution >= 0.6 is 0 Å². The molecule has 0 unspecified atom stereocenters. The molecule has 0 radical (unpaired) electrons. The zero-order chi connectivity index (χ0) is 10.7. The van der Waals surface area contributed by atoms with Crippen LogP contribution in [0.25, 0.3) is 5.57 Å². The number of rotatable bonds is 3. The number of carbonyl (C=O) groups is 1. The van der Waals surface area contributed by atoms with Crippen molar-refractivity contribution < 1.29 is 9.53 Å². The highest BCUT2D eigenvalue weighted by Gasteiger charge is 2.24. The fraction of sp³-hybridized carbons (Fsp3) is 0.308. The highest BCUT2D eigenvalue weighted by atomic mass is 16.5. The van der Waals surface area contributed by atoms with Gasteiger partial charge >= 0.3 is 5.97 Å². The minimum Gasteiger partial charge on any atom is -0.457 e. The molecule has 0 bridgehead atoms. The Hall–Kier alpha value is -1.57. The van der Waals surface area contributed by atoms with Gasteiger partial charge in [-0.05, 0) is 12.0 Å². The number of hydrogen-bond donors (Lipinski definition) is 0. The molecule has 0 aromatic heterocycles. The zero-order valence-electron chi connectivity index (χ0n) is 8.82. The average Bonchev–Trinajstić information content (AvgIpc) is 2.63. The van der Waals surface area contributed by atoms with Gasteiger partial charge in [0.25, 0.3) is 0 Å². The molecular formula is C13H14O2. The van der Waals surface area contributed by atoms with Gasteiger partial charge in [0.05, 0.1) is 0 Å². The molecule has 0 N–H and O–H groups in total. The maximum Gasteiger partial charge on any atom is 0.334 e. The third-order valence-electron chi connectivity index (χ3n) is 2.58. The predicted octanol–water partition coefficient (Wildman–Crippen LogP) is 2.80. The Morgan fingerprint density at radius 3 is 2.67 bits per heavy atom. The quantitative estimate of drug-likeness (QED) is 0.704. The molecule has 0 aliphatic carbocycles. The molecule has 0 spiro atoms. The molecule has 0 saturated heterocycles. The SMILES string of the molecule is CCCC1=C(c2ccccc2)COC1=O. The zero-order valence-corrected chi connectivity index (χ0v) is 8.82. The summed E-state index contributed by atoms with van der Waals surface area (Å²) in [5.74, 6) is -0.143. The van der Waals surface area contributed by atoms with Crippen LogP contribution in [-0.4, -0.2) is 12.6 Å². The Labute approximate surface area is 89.6 Å². The van der Waals surface area contributed by atoms with E-state index in [1.165, 1.54) is 0 Å². The molecule has 1 aromatic carbocycles. The average molecular weight is 202 g/mol. The smallest absolute Gasteiger partial charge is 0.334 e. The highest BCUT2D eigenvalue weighted by molar-refractivity contribution is 6.01. The maximum atomic E-state index is 11.5. The molecule has 2 heteroatoms. The first-order chi connectivity index (χ1) is 7.33. The fourth-order valence-electron chi connectivity index (χ4n) is 1.83. The molecule has 0 atom stereocenters. The Morgan fingerprint density at radius 1 is 1.27 bits per heavy atom. The van der Waals surface area contributed by atoms with Gasteiger partial charge in [-0.2, -0.15) is 0 Å². The van der Waals surface area contributed by atoms with Crippen LogP contribution in [0.2, 0.25) is 0 Å². The number of ether oxygens (including phenoxy) is 1. The van der Waals surface area contributed by atoms with Crippen LogP contribution in [-0.2, 0) is 9.53 Å². The predicted molar refractivity (Wildman–Crippen MR) is 59.2 cm³/mol. The van der Waals surface area contributed by atoms with Crippen LogP contribution < -0.4 is 0 Å². The van der Waals surface area contributed by atoms with Gasteiger partial charge in [0.1, 0.15) is 6.61 Å². The first kappa shape index (κ1) is 9.97. The molecule has 1 aliphatic heterocycles. The summed E-state index contributed by atoms with van der Waals surface area (Å²) in [6.07, 6.45) is 1.78. The van der Waals surface area contributed by atoms with E-state index in [1.807, 2.05) is 30.3 Å². The second-order valence-electron chi connectivity index (χ2n) is 3.65. The summed E-state index contributed by atoms with van der Waals surface area (Å²) < 4.78 is 5.07. The summed E-state index contributed by atoms with van der Waals surface area (Å²) in [5.41, 5.74) is 3.01. The molecule has 2 rings (SSSR count). The van der Waals surface area contributed by atoms with Crippen molar-refractivity contribution in [2.45, 2.75) is 19.8 Å². The van der Waals surface area contributed by atoms with Crippen LogP contribution in [0.4, 0.5) is 0 Å². The van der Waals surface area contributed by atoms with E-state index in [1.54, 1.807) is 0 Å². The van der Waals surface area contributed by atoms with Crippen molar-refractivity contribution in [2.75, 3.05) is 6.61 Å². The molecule has 1 aromatic rings. The largest absolute Gasteiger partial charge is 0.457 e. The van der Waals surface area contributed by atoms with Crippen molar-refractivity contribution in [1.82, 2.24) is 0 Å². The molecule has 1 aliphatic rings. The van der Waals surface area contributed by atoms with Crippen molar-refractivity contribution in [3.63, 3.8) is 0 Å². The third kappa shape index (κ3) is 1.94. The van der Waals surface area contributed by atoms with Gasteiger partial charge in [-0.3, -0.25) is 0 Å². The summed E-state index contributed by atoms with van der Waals surface area (Å²) in [4.78, 5) is 11.5. The number of cyclic esters (lactones) is 1. The third-order valence-corrected chi connectivity index (χ3v) is 2.58. The minimum absolute atomic E-state index is 0.143.